The number of aliphatic hydroxyl groups is 1. The minimum atomic E-state index is -0.144. The summed E-state index contributed by atoms with van der Waals surface area (Å²) >= 11 is 0. The molecule has 1 saturated heterocycles. The fourth-order valence-electron chi connectivity index (χ4n) is 3.25. The summed E-state index contributed by atoms with van der Waals surface area (Å²) < 4.78 is 0. The highest BCUT2D eigenvalue weighted by atomic mass is 16.3. The van der Waals surface area contributed by atoms with Gasteiger partial charge in [-0.15, -0.1) is 0 Å². The summed E-state index contributed by atoms with van der Waals surface area (Å²) in [6.07, 6.45) is 5.96. The number of carbonyl (C=O) groups excluding carboxylic acids is 1. The van der Waals surface area contributed by atoms with Crippen LogP contribution in [-0.4, -0.2) is 42.3 Å². The Morgan fingerprint density at radius 1 is 1.12 bits per heavy atom. The molecule has 1 fully saturated rings. The van der Waals surface area contributed by atoms with Crippen LogP contribution in [0.15, 0.2) is 24.3 Å². The van der Waals surface area contributed by atoms with Gasteiger partial charge in [0.25, 0.3) is 0 Å². The molecule has 2 amide bonds. The van der Waals surface area contributed by atoms with Crippen LogP contribution in [0, 0.1) is 5.92 Å². The lowest BCUT2D eigenvalue weighted by molar-refractivity contribution is 0.233. The average Bonchev–Trinajstić information content (AvgIpc) is 2.88. The van der Waals surface area contributed by atoms with Gasteiger partial charge in [-0.25, -0.2) is 4.79 Å². The van der Waals surface area contributed by atoms with E-state index in [0.29, 0.717) is 19.5 Å². The summed E-state index contributed by atoms with van der Waals surface area (Å²) in [7, 11) is 0. The number of benzene rings is 1. The van der Waals surface area contributed by atoms with E-state index >= 15 is 0 Å². The summed E-state index contributed by atoms with van der Waals surface area (Å²) in [6.45, 7) is 6.62. The molecular formula is C20H33N3O2. The Labute approximate surface area is 151 Å². The van der Waals surface area contributed by atoms with Gasteiger partial charge in [-0.05, 0) is 49.4 Å². The first-order valence-electron chi connectivity index (χ1n) is 9.60. The zero-order valence-corrected chi connectivity index (χ0v) is 15.5. The molecule has 0 aromatic heterocycles. The number of carbonyl (C=O) groups is 1. The first-order chi connectivity index (χ1) is 12.2. The topological polar surface area (TPSA) is 64.6 Å². The van der Waals surface area contributed by atoms with E-state index in [1.165, 1.54) is 49.9 Å². The number of rotatable bonds is 8. The van der Waals surface area contributed by atoms with Crippen LogP contribution in [0.5, 0.6) is 0 Å². The molecule has 3 N–H and O–H groups in total. The van der Waals surface area contributed by atoms with Crippen molar-refractivity contribution in [2.45, 2.75) is 52.1 Å². The van der Waals surface area contributed by atoms with Crippen molar-refractivity contribution in [3.63, 3.8) is 0 Å². The van der Waals surface area contributed by atoms with Crippen molar-refractivity contribution in [2.24, 2.45) is 5.92 Å². The molecule has 1 aromatic carbocycles. The molecule has 1 aliphatic heterocycles. The number of likely N-dealkylation sites (tertiary alicyclic amines) is 1. The Hall–Kier alpha value is -1.59. The van der Waals surface area contributed by atoms with Crippen molar-refractivity contribution in [2.75, 3.05) is 26.2 Å². The summed E-state index contributed by atoms with van der Waals surface area (Å²) in [6, 6.07) is 8.23. The molecule has 1 atom stereocenters. The van der Waals surface area contributed by atoms with E-state index in [-0.39, 0.29) is 18.6 Å². The number of nitrogens with zero attached hydrogens (tertiary/aromatic N) is 1. The Kier molecular flexibility index (Phi) is 8.77. The van der Waals surface area contributed by atoms with Crippen molar-refractivity contribution in [3.05, 3.63) is 35.4 Å². The molecule has 2 rings (SSSR count). The fourth-order valence-corrected chi connectivity index (χ4v) is 3.25. The van der Waals surface area contributed by atoms with Crippen molar-refractivity contribution in [3.8, 4) is 0 Å². The van der Waals surface area contributed by atoms with E-state index in [9.17, 15) is 4.79 Å². The lowest BCUT2D eigenvalue weighted by Gasteiger charge is -2.21. The summed E-state index contributed by atoms with van der Waals surface area (Å²) in [5.41, 5.74) is 2.49. The second-order valence-electron chi connectivity index (χ2n) is 7.14. The molecule has 1 aliphatic rings. The maximum absolute atomic E-state index is 12.0. The smallest absolute Gasteiger partial charge is 0.315 e. The van der Waals surface area contributed by atoms with Gasteiger partial charge in [-0.2, -0.15) is 0 Å². The summed E-state index contributed by atoms with van der Waals surface area (Å²) in [5, 5.41) is 14.7. The minimum Gasteiger partial charge on any atom is -0.396 e. The number of urea groups is 1. The molecular weight excluding hydrogens is 314 g/mol. The van der Waals surface area contributed by atoms with Gasteiger partial charge < -0.3 is 15.7 Å². The van der Waals surface area contributed by atoms with E-state index in [4.69, 9.17) is 5.11 Å². The minimum absolute atomic E-state index is 0.144. The Morgan fingerprint density at radius 3 is 2.48 bits per heavy atom. The third-order valence-electron chi connectivity index (χ3n) is 4.88. The lowest BCUT2D eigenvalue weighted by Crippen LogP contribution is -2.37. The molecule has 0 spiro atoms. The molecule has 140 valence electrons. The maximum Gasteiger partial charge on any atom is 0.315 e. The highest BCUT2D eigenvalue weighted by molar-refractivity contribution is 5.73. The Morgan fingerprint density at radius 2 is 1.80 bits per heavy atom. The van der Waals surface area contributed by atoms with Crippen LogP contribution in [0.4, 0.5) is 4.79 Å². The van der Waals surface area contributed by atoms with Crippen molar-refractivity contribution >= 4 is 6.03 Å². The van der Waals surface area contributed by atoms with E-state index < -0.39 is 0 Å². The summed E-state index contributed by atoms with van der Waals surface area (Å²) in [4.78, 5) is 14.5. The average molecular weight is 348 g/mol. The third kappa shape index (κ3) is 7.45. The van der Waals surface area contributed by atoms with Gasteiger partial charge in [-0.3, -0.25) is 4.90 Å². The third-order valence-corrected chi connectivity index (χ3v) is 4.88. The molecule has 25 heavy (non-hydrogen) atoms. The van der Waals surface area contributed by atoms with Gasteiger partial charge in [-0.1, -0.05) is 44.0 Å². The standard InChI is InChI=1S/C20H33N3O2/c1-17(10-13-24)14-21-20(25)22-15-18-8-4-5-9-19(18)16-23-11-6-2-3-7-12-23/h4-5,8-9,17,24H,2-3,6-7,10-16H2,1H3,(H2,21,22,25). The van der Waals surface area contributed by atoms with Crippen molar-refractivity contribution in [1.82, 2.24) is 15.5 Å². The molecule has 5 nitrogen and oxygen atoms in total. The molecule has 1 heterocycles. The first-order valence-corrected chi connectivity index (χ1v) is 9.60. The zero-order chi connectivity index (χ0) is 17.9. The highest BCUT2D eigenvalue weighted by Crippen LogP contribution is 2.16. The molecule has 0 radical (unpaired) electrons. The lowest BCUT2D eigenvalue weighted by atomic mass is 10.1. The molecule has 1 unspecified atom stereocenters. The Bertz CT molecular complexity index is 513. The quantitative estimate of drug-likeness (QED) is 0.677. The van der Waals surface area contributed by atoms with Crippen molar-refractivity contribution < 1.29 is 9.90 Å². The van der Waals surface area contributed by atoms with Crippen LogP contribution in [0.25, 0.3) is 0 Å². The van der Waals surface area contributed by atoms with Crippen LogP contribution in [0.1, 0.15) is 50.2 Å². The predicted molar refractivity (Wildman–Crippen MR) is 101 cm³/mol. The molecule has 1 aromatic rings. The van der Waals surface area contributed by atoms with Gasteiger partial charge in [0.05, 0.1) is 0 Å². The number of nitrogens with one attached hydrogen (secondary N) is 2. The molecule has 5 heteroatoms. The largest absolute Gasteiger partial charge is 0.396 e. The SMILES string of the molecule is CC(CCO)CNC(=O)NCc1ccccc1CN1CCCCCC1. The van der Waals surface area contributed by atoms with Crippen molar-refractivity contribution in [1.29, 1.82) is 0 Å². The van der Waals surface area contributed by atoms with Crippen LogP contribution < -0.4 is 10.6 Å². The van der Waals surface area contributed by atoms with Gasteiger partial charge in [0.15, 0.2) is 0 Å². The first kappa shape index (κ1) is 19.7. The van der Waals surface area contributed by atoms with Crippen LogP contribution >= 0.6 is 0 Å². The van der Waals surface area contributed by atoms with Crippen LogP contribution in [0.2, 0.25) is 0 Å². The van der Waals surface area contributed by atoms with Crippen LogP contribution in [-0.2, 0) is 13.1 Å². The fraction of sp³-hybridized carbons (Fsp3) is 0.650. The maximum atomic E-state index is 12.0. The van der Waals surface area contributed by atoms with Crippen LogP contribution in [0.3, 0.4) is 0 Å². The second-order valence-corrected chi connectivity index (χ2v) is 7.14. The molecule has 0 bridgehead atoms. The predicted octanol–water partition coefficient (Wildman–Crippen LogP) is 2.88. The summed E-state index contributed by atoms with van der Waals surface area (Å²) in [5.74, 6) is 0.283. The number of aliphatic hydroxyl groups excluding tert-OH is 1. The van der Waals surface area contributed by atoms with Gasteiger partial charge in [0.1, 0.15) is 0 Å². The molecule has 0 saturated carbocycles. The van der Waals surface area contributed by atoms with E-state index in [1.54, 1.807) is 0 Å². The normalized spacial score (nSPS) is 16.9. The van der Waals surface area contributed by atoms with E-state index in [0.717, 1.165) is 6.54 Å². The second kappa shape index (κ2) is 11.1. The van der Waals surface area contributed by atoms with Gasteiger partial charge in [0.2, 0.25) is 0 Å². The molecule has 0 aliphatic carbocycles. The number of hydrogen-bond acceptors (Lipinski definition) is 3. The Balaban J connectivity index is 1.82. The van der Waals surface area contributed by atoms with Gasteiger partial charge in [0, 0.05) is 26.2 Å². The highest BCUT2D eigenvalue weighted by Gasteiger charge is 2.12. The monoisotopic (exact) mass is 347 g/mol. The van der Waals surface area contributed by atoms with E-state index in [1.807, 2.05) is 13.0 Å². The zero-order valence-electron chi connectivity index (χ0n) is 15.5. The number of hydrogen-bond donors (Lipinski definition) is 3. The van der Waals surface area contributed by atoms with E-state index in [2.05, 4.69) is 33.7 Å². The van der Waals surface area contributed by atoms with Gasteiger partial charge >= 0.3 is 6.03 Å². The number of amides is 2.